The zero-order valence-electron chi connectivity index (χ0n) is 19.7. The number of nitrogens with zero attached hydrogens (tertiary/aromatic N) is 3. The maximum absolute atomic E-state index is 13.8. The Hall–Kier alpha value is -2.38. The molecule has 7 nitrogen and oxygen atoms in total. The Morgan fingerprint density at radius 2 is 1.82 bits per heavy atom. The van der Waals surface area contributed by atoms with Crippen molar-refractivity contribution in [1.82, 2.24) is 19.7 Å². The van der Waals surface area contributed by atoms with E-state index < -0.39 is 5.54 Å². The summed E-state index contributed by atoms with van der Waals surface area (Å²) in [5.41, 5.74) is 0.768. The number of hydrogen-bond donors (Lipinski definition) is 1. The molecular formula is C26H36N4O3. The average molecular weight is 453 g/mol. The maximum atomic E-state index is 13.8. The predicted molar refractivity (Wildman–Crippen MR) is 128 cm³/mol. The first-order chi connectivity index (χ1) is 16.1. The Bertz CT molecular complexity index is 1000. The number of carbonyl (C=O) groups is 2. The SMILES string of the molecule is C[C@@]1(C(=O)NC2CCCCCC2)Cn2c(cc3ccccc32)C(=O)N1CCN1CCOCC1. The van der Waals surface area contributed by atoms with Crippen molar-refractivity contribution in [1.29, 1.82) is 0 Å². The van der Waals surface area contributed by atoms with Crippen LogP contribution in [0.25, 0.3) is 10.9 Å². The van der Waals surface area contributed by atoms with Gasteiger partial charge < -0.3 is 19.5 Å². The maximum Gasteiger partial charge on any atom is 0.271 e. The first-order valence-electron chi connectivity index (χ1n) is 12.6. The minimum absolute atomic E-state index is 0.0202. The van der Waals surface area contributed by atoms with Gasteiger partial charge in [0, 0.05) is 43.1 Å². The lowest BCUT2D eigenvalue weighted by atomic mass is 9.93. The van der Waals surface area contributed by atoms with Gasteiger partial charge >= 0.3 is 0 Å². The van der Waals surface area contributed by atoms with Gasteiger partial charge in [-0.15, -0.1) is 0 Å². The molecule has 3 aliphatic rings. The van der Waals surface area contributed by atoms with Crippen molar-refractivity contribution in [2.24, 2.45) is 0 Å². The first kappa shape index (κ1) is 22.4. The van der Waals surface area contributed by atoms with E-state index in [-0.39, 0.29) is 17.9 Å². The van der Waals surface area contributed by atoms with E-state index in [1.165, 1.54) is 12.8 Å². The van der Waals surface area contributed by atoms with Gasteiger partial charge in [-0.2, -0.15) is 0 Å². The third-order valence-electron chi connectivity index (χ3n) is 7.76. The Labute approximate surface area is 196 Å². The zero-order valence-corrected chi connectivity index (χ0v) is 19.7. The molecule has 7 heteroatoms. The molecule has 1 aromatic heterocycles. The summed E-state index contributed by atoms with van der Waals surface area (Å²) in [7, 11) is 0. The number of para-hydroxylation sites is 1. The van der Waals surface area contributed by atoms with E-state index in [2.05, 4.69) is 14.8 Å². The molecule has 5 rings (SSSR count). The molecule has 2 aliphatic heterocycles. The van der Waals surface area contributed by atoms with Crippen molar-refractivity contribution in [3.8, 4) is 0 Å². The lowest BCUT2D eigenvalue weighted by Crippen LogP contribution is -2.65. The monoisotopic (exact) mass is 452 g/mol. The largest absolute Gasteiger partial charge is 0.379 e. The van der Waals surface area contributed by atoms with Gasteiger partial charge in [0.15, 0.2) is 0 Å². The molecule has 3 heterocycles. The molecule has 0 bridgehead atoms. The molecule has 1 N–H and O–H groups in total. The molecule has 1 aliphatic carbocycles. The second-order valence-electron chi connectivity index (χ2n) is 10.0. The van der Waals surface area contributed by atoms with Gasteiger partial charge in [-0.3, -0.25) is 14.5 Å². The van der Waals surface area contributed by atoms with Gasteiger partial charge in [0.25, 0.3) is 5.91 Å². The van der Waals surface area contributed by atoms with Gasteiger partial charge in [-0.25, -0.2) is 0 Å². The minimum Gasteiger partial charge on any atom is -0.379 e. The summed E-state index contributed by atoms with van der Waals surface area (Å²) in [5.74, 6) is -0.0719. The Morgan fingerprint density at radius 1 is 1.09 bits per heavy atom. The van der Waals surface area contributed by atoms with Gasteiger partial charge in [0.2, 0.25) is 5.91 Å². The van der Waals surface area contributed by atoms with Crippen molar-refractivity contribution in [2.45, 2.75) is 63.6 Å². The van der Waals surface area contributed by atoms with Crippen molar-refractivity contribution in [3.05, 3.63) is 36.0 Å². The van der Waals surface area contributed by atoms with Crippen LogP contribution in [-0.2, 0) is 16.1 Å². The first-order valence-corrected chi connectivity index (χ1v) is 12.6. The van der Waals surface area contributed by atoms with E-state index in [0.717, 1.165) is 69.4 Å². The molecule has 2 fully saturated rings. The number of morpholine rings is 1. The highest BCUT2D eigenvalue weighted by molar-refractivity contribution is 6.03. The third-order valence-corrected chi connectivity index (χ3v) is 7.76. The van der Waals surface area contributed by atoms with Gasteiger partial charge in [-0.05, 0) is 31.9 Å². The zero-order chi connectivity index (χ0) is 22.8. The summed E-state index contributed by atoms with van der Waals surface area (Å²) in [5, 5.41) is 4.39. The van der Waals surface area contributed by atoms with Crippen molar-refractivity contribution in [3.63, 3.8) is 0 Å². The van der Waals surface area contributed by atoms with Crippen LogP contribution in [0.4, 0.5) is 0 Å². The molecular weight excluding hydrogens is 416 g/mol. The van der Waals surface area contributed by atoms with Crippen LogP contribution in [0.3, 0.4) is 0 Å². The molecule has 2 aromatic rings. The van der Waals surface area contributed by atoms with E-state index in [9.17, 15) is 9.59 Å². The number of hydrogen-bond acceptors (Lipinski definition) is 4. The molecule has 1 aromatic carbocycles. The number of ether oxygens (including phenoxy) is 1. The second kappa shape index (κ2) is 9.47. The van der Waals surface area contributed by atoms with E-state index >= 15 is 0 Å². The standard InChI is InChI=1S/C26H36N4O3/c1-26(25(32)27-21-9-4-2-3-5-10-21)19-29-22-11-7-6-8-20(22)18-23(29)24(31)30(26)13-12-28-14-16-33-17-15-28/h6-8,11,18,21H,2-5,9-10,12-17,19H2,1H3,(H,27,32)/t26-/m0/s1. The number of amides is 2. The Kier molecular flexibility index (Phi) is 6.43. The minimum atomic E-state index is -0.926. The molecule has 0 spiro atoms. The van der Waals surface area contributed by atoms with Crippen LogP contribution < -0.4 is 5.32 Å². The molecule has 1 saturated heterocycles. The Morgan fingerprint density at radius 3 is 2.58 bits per heavy atom. The van der Waals surface area contributed by atoms with E-state index in [1.807, 2.05) is 42.2 Å². The van der Waals surface area contributed by atoms with E-state index in [0.29, 0.717) is 18.8 Å². The number of carbonyl (C=O) groups excluding carboxylic acids is 2. The van der Waals surface area contributed by atoms with Crippen molar-refractivity contribution in [2.75, 3.05) is 39.4 Å². The highest BCUT2D eigenvalue weighted by atomic mass is 16.5. The van der Waals surface area contributed by atoms with Crippen LogP contribution in [0.2, 0.25) is 0 Å². The average Bonchev–Trinajstić information content (AvgIpc) is 3.00. The fourth-order valence-corrected chi connectivity index (χ4v) is 5.69. The van der Waals surface area contributed by atoms with E-state index in [4.69, 9.17) is 4.74 Å². The van der Waals surface area contributed by atoms with E-state index in [1.54, 1.807) is 0 Å². The fourth-order valence-electron chi connectivity index (χ4n) is 5.69. The highest BCUT2D eigenvalue weighted by Gasteiger charge is 2.48. The summed E-state index contributed by atoms with van der Waals surface area (Å²) in [4.78, 5) is 31.8. The third kappa shape index (κ3) is 4.41. The number of benzene rings is 1. The summed E-state index contributed by atoms with van der Waals surface area (Å²) in [6, 6.07) is 10.2. The predicted octanol–water partition coefficient (Wildman–Crippen LogP) is 3.03. The number of rotatable bonds is 5. The van der Waals surface area contributed by atoms with Crippen LogP contribution in [0.5, 0.6) is 0 Å². The highest BCUT2D eigenvalue weighted by Crippen LogP contribution is 2.32. The summed E-state index contributed by atoms with van der Waals surface area (Å²) >= 11 is 0. The summed E-state index contributed by atoms with van der Waals surface area (Å²) in [6.45, 7) is 6.90. The normalized spacial score (nSPS) is 25.1. The second-order valence-corrected chi connectivity index (χ2v) is 10.0. The van der Waals surface area contributed by atoms with Crippen LogP contribution in [0, 0.1) is 0 Å². The molecule has 178 valence electrons. The summed E-state index contributed by atoms with van der Waals surface area (Å²) < 4.78 is 7.53. The lowest BCUT2D eigenvalue weighted by molar-refractivity contribution is -0.133. The molecule has 1 atom stereocenters. The van der Waals surface area contributed by atoms with Gasteiger partial charge in [0.1, 0.15) is 11.2 Å². The van der Waals surface area contributed by atoms with Crippen molar-refractivity contribution >= 4 is 22.7 Å². The topological polar surface area (TPSA) is 66.8 Å². The number of nitrogens with one attached hydrogen (secondary N) is 1. The fraction of sp³-hybridized carbons (Fsp3) is 0.615. The van der Waals surface area contributed by atoms with Crippen LogP contribution in [-0.4, -0.2) is 77.2 Å². The molecule has 33 heavy (non-hydrogen) atoms. The molecule has 0 unspecified atom stereocenters. The number of aromatic nitrogens is 1. The lowest BCUT2D eigenvalue weighted by Gasteiger charge is -2.45. The Balaban J connectivity index is 1.44. The molecule has 0 radical (unpaired) electrons. The number of fused-ring (bicyclic) bond motifs is 3. The molecule has 2 amide bonds. The van der Waals surface area contributed by atoms with Gasteiger partial charge in [-0.1, -0.05) is 43.9 Å². The molecule has 1 saturated carbocycles. The van der Waals surface area contributed by atoms with Crippen molar-refractivity contribution < 1.29 is 14.3 Å². The van der Waals surface area contributed by atoms with Gasteiger partial charge in [0.05, 0.1) is 19.8 Å². The van der Waals surface area contributed by atoms with Crippen LogP contribution in [0.15, 0.2) is 30.3 Å². The van der Waals surface area contributed by atoms with Crippen LogP contribution in [0.1, 0.15) is 55.9 Å². The smallest absolute Gasteiger partial charge is 0.271 e. The van der Waals surface area contributed by atoms with Crippen LogP contribution >= 0.6 is 0 Å². The quantitative estimate of drug-likeness (QED) is 0.709. The summed E-state index contributed by atoms with van der Waals surface area (Å²) in [6.07, 6.45) is 6.86.